The zero-order valence-corrected chi connectivity index (χ0v) is 11.9. The van der Waals surface area contributed by atoms with Crippen molar-refractivity contribution in [2.24, 2.45) is 0 Å². The summed E-state index contributed by atoms with van der Waals surface area (Å²) in [6.07, 6.45) is 0. The van der Waals surface area contributed by atoms with Gasteiger partial charge in [-0.15, -0.1) is 0 Å². The van der Waals surface area contributed by atoms with Crippen LogP contribution in [-0.4, -0.2) is 34.3 Å². The summed E-state index contributed by atoms with van der Waals surface area (Å²) in [5, 5.41) is 6.13. The molecule has 1 aromatic carbocycles. The molecule has 0 saturated heterocycles. The van der Waals surface area contributed by atoms with Crippen molar-refractivity contribution in [3.8, 4) is 0 Å². The molecule has 0 N–H and O–H groups in total. The van der Waals surface area contributed by atoms with Gasteiger partial charge in [-0.3, -0.25) is 4.79 Å². The van der Waals surface area contributed by atoms with Crippen molar-refractivity contribution in [2.75, 3.05) is 19.6 Å². The predicted octanol–water partition coefficient (Wildman–Crippen LogP) is 2.05. The Morgan fingerprint density at radius 2 is 1.79 bits per heavy atom. The molecule has 1 heterocycles. The molecule has 1 aromatic heterocycles. The lowest BCUT2D eigenvalue weighted by atomic mass is 10.1. The van der Waals surface area contributed by atoms with Crippen molar-refractivity contribution in [3.63, 3.8) is 0 Å². The van der Waals surface area contributed by atoms with Gasteiger partial charge in [-0.05, 0) is 26.1 Å². The molecule has 102 valence electrons. The number of aryl methyl sites for hydroxylation is 1. The normalized spacial score (nSPS) is 11.4. The third-order valence-electron chi connectivity index (χ3n) is 3.57. The molecule has 0 saturated carbocycles. The molecule has 2 aromatic rings. The van der Waals surface area contributed by atoms with Crippen LogP contribution in [0.3, 0.4) is 0 Å². The molecule has 0 amide bonds. The van der Waals surface area contributed by atoms with Gasteiger partial charge < -0.3 is 4.90 Å². The summed E-state index contributed by atoms with van der Waals surface area (Å²) in [5.74, 6) is 0. The smallest absolute Gasteiger partial charge is 0.274 e. The van der Waals surface area contributed by atoms with E-state index in [-0.39, 0.29) is 5.56 Å². The lowest BCUT2D eigenvalue weighted by Gasteiger charge is -2.18. The van der Waals surface area contributed by atoms with Crippen LogP contribution in [0, 0.1) is 6.92 Å². The highest BCUT2D eigenvalue weighted by molar-refractivity contribution is 5.83. The van der Waals surface area contributed by atoms with Crippen molar-refractivity contribution in [2.45, 2.75) is 27.3 Å². The molecule has 0 aliphatic rings. The highest BCUT2D eigenvalue weighted by atomic mass is 16.1. The lowest BCUT2D eigenvalue weighted by Crippen LogP contribution is -2.32. The Hall–Kier alpha value is -1.68. The first-order valence-corrected chi connectivity index (χ1v) is 6.86. The van der Waals surface area contributed by atoms with E-state index >= 15 is 0 Å². The monoisotopic (exact) mass is 259 g/mol. The second-order valence-electron chi connectivity index (χ2n) is 4.69. The van der Waals surface area contributed by atoms with Crippen molar-refractivity contribution in [1.82, 2.24) is 14.7 Å². The number of hydrogen-bond donors (Lipinski definition) is 0. The minimum Gasteiger partial charge on any atom is -0.302 e. The Bertz CT molecular complexity index is 614. The average Bonchev–Trinajstić information content (AvgIpc) is 2.45. The van der Waals surface area contributed by atoms with Crippen LogP contribution < -0.4 is 5.56 Å². The van der Waals surface area contributed by atoms with E-state index < -0.39 is 0 Å². The van der Waals surface area contributed by atoms with Crippen LogP contribution in [0.1, 0.15) is 19.5 Å². The summed E-state index contributed by atoms with van der Waals surface area (Å²) < 4.78 is 1.59. The fraction of sp³-hybridized carbons (Fsp3) is 0.467. The molecule has 19 heavy (non-hydrogen) atoms. The fourth-order valence-electron chi connectivity index (χ4n) is 2.33. The van der Waals surface area contributed by atoms with E-state index in [0.29, 0.717) is 6.54 Å². The lowest BCUT2D eigenvalue weighted by molar-refractivity contribution is 0.282. The Morgan fingerprint density at radius 3 is 2.42 bits per heavy atom. The zero-order chi connectivity index (χ0) is 13.8. The quantitative estimate of drug-likeness (QED) is 0.825. The highest BCUT2D eigenvalue weighted by Gasteiger charge is 2.08. The van der Waals surface area contributed by atoms with Crippen LogP contribution in [-0.2, 0) is 6.54 Å². The van der Waals surface area contributed by atoms with Gasteiger partial charge in [0.2, 0.25) is 0 Å². The van der Waals surface area contributed by atoms with Gasteiger partial charge >= 0.3 is 0 Å². The van der Waals surface area contributed by atoms with Gasteiger partial charge in [-0.1, -0.05) is 32.0 Å². The largest absolute Gasteiger partial charge is 0.302 e. The minimum absolute atomic E-state index is 0.00774. The number of fused-ring (bicyclic) bond motifs is 1. The van der Waals surface area contributed by atoms with E-state index in [9.17, 15) is 4.79 Å². The maximum Gasteiger partial charge on any atom is 0.274 e. The average molecular weight is 259 g/mol. The van der Waals surface area contributed by atoms with E-state index in [0.717, 1.165) is 36.1 Å². The number of aromatic nitrogens is 2. The summed E-state index contributed by atoms with van der Waals surface area (Å²) in [6.45, 7) is 9.71. The van der Waals surface area contributed by atoms with Gasteiger partial charge in [0.25, 0.3) is 5.56 Å². The third kappa shape index (κ3) is 2.84. The molecule has 0 unspecified atom stereocenters. The van der Waals surface area contributed by atoms with Crippen LogP contribution in [0.15, 0.2) is 29.1 Å². The molecule has 4 heteroatoms. The molecule has 0 aliphatic carbocycles. The van der Waals surface area contributed by atoms with Gasteiger partial charge in [0.05, 0.1) is 17.6 Å². The first kappa shape index (κ1) is 13.7. The maximum absolute atomic E-state index is 12.4. The van der Waals surface area contributed by atoms with Crippen molar-refractivity contribution in [3.05, 3.63) is 40.3 Å². The topological polar surface area (TPSA) is 38.1 Å². The van der Waals surface area contributed by atoms with E-state index in [2.05, 4.69) is 23.8 Å². The minimum atomic E-state index is 0.00774. The van der Waals surface area contributed by atoms with E-state index in [4.69, 9.17) is 0 Å². The first-order chi connectivity index (χ1) is 9.17. The number of benzene rings is 1. The maximum atomic E-state index is 12.4. The van der Waals surface area contributed by atoms with Gasteiger partial charge in [0.15, 0.2) is 0 Å². The van der Waals surface area contributed by atoms with E-state index in [1.807, 2.05) is 31.2 Å². The summed E-state index contributed by atoms with van der Waals surface area (Å²) in [5.41, 5.74) is 0.920. The molecule has 0 bridgehead atoms. The third-order valence-corrected chi connectivity index (χ3v) is 3.57. The Kier molecular flexibility index (Phi) is 4.32. The van der Waals surface area contributed by atoms with Crippen LogP contribution in [0.2, 0.25) is 0 Å². The molecule has 0 radical (unpaired) electrons. The molecule has 4 nitrogen and oxygen atoms in total. The summed E-state index contributed by atoms with van der Waals surface area (Å²) in [7, 11) is 0. The van der Waals surface area contributed by atoms with Gasteiger partial charge in [-0.25, -0.2) is 4.68 Å². The SMILES string of the molecule is CCN(CC)CCn1nc(C)c2ccccc2c1=O. The molecular weight excluding hydrogens is 238 g/mol. The number of rotatable bonds is 5. The number of nitrogens with zero attached hydrogens (tertiary/aromatic N) is 3. The summed E-state index contributed by atoms with van der Waals surface area (Å²) >= 11 is 0. The van der Waals surface area contributed by atoms with Crippen molar-refractivity contribution < 1.29 is 0 Å². The number of hydrogen-bond acceptors (Lipinski definition) is 3. The Labute approximate surface area is 113 Å². The predicted molar refractivity (Wildman–Crippen MR) is 78.5 cm³/mol. The van der Waals surface area contributed by atoms with Crippen LogP contribution in [0.25, 0.3) is 10.8 Å². The summed E-state index contributed by atoms with van der Waals surface area (Å²) in [6, 6.07) is 7.67. The fourth-order valence-corrected chi connectivity index (χ4v) is 2.33. The number of likely N-dealkylation sites (N-methyl/N-ethyl adjacent to an activating group) is 1. The van der Waals surface area contributed by atoms with Crippen molar-refractivity contribution >= 4 is 10.8 Å². The van der Waals surface area contributed by atoms with Gasteiger partial charge in [0.1, 0.15) is 0 Å². The van der Waals surface area contributed by atoms with Gasteiger partial charge in [-0.2, -0.15) is 5.10 Å². The molecule has 2 rings (SSSR count). The zero-order valence-electron chi connectivity index (χ0n) is 11.9. The molecule has 0 spiro atoms. The molecular formula is C15H21N3O. The van der Waals surface area contributed by atoms with Crippen LogP contribution in [0.5, 0.6) is 0 Å². The Morgan fingerprint density at radius 1 is 1.16 bits per heavy atom. The Balaban J connectivity index is 2.34. The summed E-state index contributed by atoms with van der Waals surface area (Å²) in [4.78, 5) is 14.6. The second kappa shape index (κ2) is 5.97. The van der Waals surface area contributed by atoms with E-state index in [1.54, 1.807) is 4.68 Å². The first-order valence-electron chi connectivity index (χ1n) is 6.86. The second-order valence-corrected chi connectivity index (χ2v) is 4.69. The standard InChI is InChI=1S/C15H21N3O/c1-4-17(5-2)10-11-18-15(19)14-9-7-6-8-13(14)12(3)16-18/h6-9H,4-5,10-11H2,1-3H3. The molecule has 0 fully saturated rings. The molecule has 0 aliphatic heterocycles. The highest BCUT2D eigenvalue weighted by Crippen LogP contribution is 2.11. The molecule has 0 atom stereocenters. The van der Waals surface area contributed by atoms with E-state index in [1.165, 1.54) is 0 Å². The van der Waals surface area contributed by atoms with Crippen LogP contribution >= 0.6 is 0 Å². The van der Waals surface area contributed by atoms with Gasteiger partial charge in [0, 0.05) is 11.9 Å². The van der Waals surface area contributed by atoms with Crippen molar-refractivity contribution in [1.29, 1.82) is 0 Å². The van der Waals surface area contributed by atoms with Crippen LogP contribution in [0.4, 0.5) is 0 Å².